The number of hydrogen-bond acceptors (Lipinski definition) is 2. The highest BCUT2D eigenvalue weighted by Gasteiger charge is 2.13. The summed E-state index contributed by atoms with van der Waals surface area (Å²) in [5.74, 6) is -0.683. The molecule has 0 rings (SSSR count). The molecule has 0 saturated heterocycles. The van der Waals surface area contributed by atoms with E-state index in [1.54, 1.807) is 6.08 Å². The van der Waals surface area contributed by atoms with E-state index >= 15 is 0 Å². The van der Waals surface area contributed by atoms with E-state index in [1.807, 2.05) is 6.08 Å². The molecule has 26 heavy (non-hydrogen) atoms. The largest absolute Gasteiger partial charge is 0.370 e. The van der Waals surface area contributed by atoms with Gasteiger partial charge in [-0.15, -0.1) is 0 Å². The van der Waals surface area contributed by atoms with Crippen LogP contribution in [0.3, 0.4) is 0 Å². The number of hydrogen-bond donors (Lipinski definition) is 2. The highest BCUT2D eigenvalue weighted by Crippen LogP contribution is 2.14. The summed E-state index contributed by atoms with van der Waals surface area (Å²) < 4.78 is 0. The first-order chi connectivity index (χ1) is 12.4. The predicted octanol–water partition coefficient (Wildman–Crippen LogP) is 5.25. The number of allylic oxidation sites excluding steroid dienone is 1. The number of nitrogens with two attached hydrogens (primary N) is 2. The van der Waals surface area contributed by atoms with Crippen LogP contribution in [0.5, 0.6) is 0 Å². The Morgan fingerprint density at radius 1 is 0.769 bits per heavy atom. The third kappa shape index (κ3) is 17.5. The summed E-state index contributed by atoms with van der Waals surface area (Å²) in [7, 11) is 0. The molecule has 4 heteroatoms. The van der Waals surface area contributed by atoms with Gasteiger partial charge in [-0.1, -0.05) is 96.6 Å². The Kier molecular flexibility index (Phi) is 16.2. The number of unbranched alkanes of at least 4 members (excludes halogenated alkanes) is 11. The molecule has 0 radical (unpaired) electrons. The molecule has 0 aromatic carbocycles. The number of primary amides is 2. The third-order valence-electron chi connectivity index (χ3n) is 4.81. The molecule has 152 valence electrons. The number of rotatable bonds is 18. The van der Waals surface area contributed by atoms with E-state index in [4.69, 9.17) is 11.5 Å². The number of amides is 2. The number of carbonyl (C=O) groups excluding carboxylic acids is 2. The van der Waals surface area contributed by atoms with Crippen LogP contribution in [0.25, 0.3) is 0 Å². The van der Waals surface area contributed by atoms with E-state index < -0.39 is 17.7 Å². The van der Waals surface area contributed by atoms with E-state index in [0.29, 0.717) is 0 Å². The highest BCUT2D eigenvalue weighted by atomic mass is 16.2. The number of carbonyl (C=O) groups is 2. The first-order valence-electron chi connectivity index (χ1n) is 10.7. The summed E-state index contributed by atoms with van der Waals surface area (Å²) >= 11 is 0. The molecule has 4 N–H and O–H groups in total. The van der Waals surface area contributed by atoms with E-state index in [2.05, 4.69) is 13.8 Å². The molecule has 0 heterocycles. The Morgan fingerprint density at radius 2 is 1.23 bits per heavy atom. The maximum absolute atomic E-state index is 11.2. The second kappa shape index (κ2) is 17.1. The molecule has 0 fully saturated rings. The van der Waals surface area contributed by atoms with Gasteiger partial charge < -0.3 is 11.5 Å². The van der Waals surface area contributed by atoms with Crippen molar-refractivity contribution in [1.29, 1.82) is 0 Å². The molecule has 1 unspecified atom stereocenters. The zero-order valence-corrected chi connectivity index (χ0v) is 17.2. The first kappa shape index (κ1) is 24.7. The van der Waals surface area contributed by atoms with Gasteiger partial charge in [-0.05, 0) is 18.8 Å². The van der Waals surface area contributed by atoms with Crippen LogP contribution in [-0.2, 0) is 9.59 Å². The average molecular weight is 367 g/mol. The Bertz CT molecular complexity index is 392. The smallest absolute Gasteiger partial charge is 0.224 e. The maximum Gasteiger partial charge on any atom is 0.224 e. The van der Waals surface area contributed by atoms with Gasteiger partial charge in [0.2, 0.25) is 11.8 Å². The summed E-state index contributed by atoms with van der Waals surface area (Å²) in [6.45, 7) is 4.61. The van der Waals surface area contributed by atoms with E-state index in [9.17, 15) is 9.59 Å². The van der Waals surface area contributed by atoms with Crippen LogP contribution < -0.4 is 11.5 Å². The Hall–Kier alpha value is -1.32. The standard InChI is InChI=1S/C22H42N2O2/c1-19(2)16-14-12-10-8-6-4-3-5-7-9-11-13-15-17-20(22(24)26)18-21(23)25/h15,17,19-20H,3-14,16,18H2,1-2H3,(H2,23,25)(H2,24,26). The lowest BCUT2D eigenvalue weighted by Crippen LogP contribution is -2.26. The van der Waals surface area contributed by atoms with Crippen LogP contribution in [0.4, 0.5) is 0 Å². The first-order valence-corrected chi connectivity index (χ1v) is 10.7. The van der Waals surface area contributed by atoms with Crippen molar-refractivity contribution < 1.29 is 9.59 Å². The van der Waals surface area contributed by atoms with Crippen LogP contribution in [0.2, 0.25) is 0 Å². The van der Waals surface area contributed by atoms with E-state index in [0.717, 1.165) is 18.8 Å². The topological polar surface area (TPSA) is 86.2 Å². The van der Waals surface area contributed by atoms with Crippen LogP contribution in [0.1, 0.15) is 104 Å². The summed E-state index contributed by atoms with van der Waals surface area (Å²) in [5.41, 5.74) is 10.4. The highest BCUT2D eigenvalue weighted by molar-refractivity contribution is 5.85. The molecule has 0 bridgehead atoms. The molecule has 0 saturated carbocycles. The lowest BCUT2D eigenvalue weighted by atomic mass is 10.0. The normalized spacial score (nSPS) is 12.7. The van der Waals surface area contributed by atoms with E-state index in [1.165, 1.54) is 70.6 Å². The van der Waals surface area contributed by atoms with E-state index in [-0.39, 0.29) is 6.42 Å². The molecular formula is C22H42N2O2. The van der Waals surface area contributed by atoms with Crippen LogP contribution in [-0.4, -0.2) is 11.8 Å². The van der Waals surface area contributed by atoms with Gasteiger partial charge in [0.05, 0.1) is 5.92 Å². The van der Waals surface area contributed by atoms with Crippen molar-refractivity contribution in [1.82, 2.24) is 0 Å². The molecule has 0 aromatic heterocycles. The quantitative estimate of drug-likeness (QED) is 0.256. The van der Waals surface area contributed by atoms with Crippen molar-refractivity contribution in [3.63, 3.8) is 0 Å². The van der Waals surface area contributed by atoms with Crippen LogP contribution >= 0.6 is 0 Å². The second-order valence-corrected chi connectivity index (χ2v) is 7.97. The Morgan fingerprint density at radius 3 is 1.65 bits per heavy atom. The van der Waals surface area contributed by atoms with Gasteiger partial charge in [0.25, 0.3) is 0 Å². The minimum atomic E-state index is -0.558. The van der Waals surface area contributed by atoms with Gasteiger partial charge in [-0.2, -0.15) is 0 Å². The SMILES string of the molecule is CC(C)CCCCCCCCCCCCCC=CC(CC(N)=O)C(N)=O. The molecule has 1 atom stereocenters. The van der Waals surface area contributed by atoms with Crippen molar-refractivity contribution in [2.24, 2.45) is 23.3 Å². The van der Waals surface area contributed by atoms with Gasteiger partial charge in [0, 0.05) is 6.42 Å². The van der Waals surface area contributed by atoms with Crippen LogP contribution in [0.15, 0.2) is 12.2 Å². The fourth-order valence-electron chi connectivity index (χ4n) is 3.15. The summed E-state index contributed by atoms with van der Waals surface area (Å²) in [4.78, 5) is 22.1. The molecule has 0 spiro atoms. The van der Waals surface area contributed by atoms with Gasteiger partial charge in [0.15, 0.2) is 0 Å². The van der Waals surface area contributed by atoms with Crippen molar-refractivity contribution in [3.8, 4) is 0 Å². The second-order valence-electron chi connectivity index (χ2n) is 7.97. The minimum Gasteiger partial charge on any atom is -0.370 e. The summed E-state index contributed by atoms with van der Waals surface area (Å²) in [6.07, 6.45) is 20.7. The van der Waals surface area contributed by atoms with Gasteiger partial charge in [-0.3, -0.25) is 9.59 Å². The van der Waals surface area contributed by atoms with Crippen molar-refractivity contribution in [2.45, 2.75) is 104 Å². The fraction of sp³-hybridized carbons (Fsp3) is 0.818. The minimum absolute atomic E-state index is 0.00353. The molecule has 2 amide bonds. The van der Waals surface area contributed by atoms with Gasteiger partial charge in [0.1, 0.15) is 0 Å². The van der Waals surface area contributed by atoms with Crippen molar-refractivity contribution >= 4 is 11.8 Å². The monoisotopic (exact) mass is 366 g/mol. The van der Waals surface area contributed by atoms with Crippen LogP contribution in [0, 0.1) is 11.8 Å². The summed E-state index contributed by atoms with van der Waals surface area (Å²) in [6, 6.07) is 0. The molecular weight excluding hydrogens is 324 g/mol. The zero-order valence-electron chi connectivity index (χ0n) is 17.2. The lowest BCUT2D eigenvalue weighted by molar-refractivity contribution is -0.125. The zero-order chi connectivity index (χ0) is 19.6. The average Bonchev–Trinajstić information content (AvgIpc) is 2.56. The molecule has 0 aliphatic rings. The molecule has 0 aromatic rings. The predicted molar refractivity (Wildman–Crippen MR) is 110 cm³/mol. The fourth-order valence-corrected chi connectivity index (χ4v) is 3.15. The van der Waals surface area contributed by atoms with Gasteiger partial charge >= 0.3 is 0 Å². The third-order valence-corrected chi connectivity index (χ3v) is 4.81. The molecule has 0 aliphatic carbocycles. The molecule has 0 aliphatic heterocycles. The Labute approximate surface area is 161 Å². The summed E-state index contributed by atoms with van der Waals surface area (Å²) in [5, 5.41) is 0. The Balaban J connectivity index is 3.39. The van der Waals surface area contributed by atoms with Gasteiger partial charge in [-0.25, -0.2) is 0 Å². The lowest BCUT2D eigenvalue weighted by Gasteiger charge is -2.05. The maximum atomic E-state index is 11.2. The van der Waals surface area contributed by atoms with Crippen molar-refractivity contribution in [2.75, 3.05) is 0 Å². The van der Waals surface area contributed by atoms with Crippen molar-refractivity contribution in [3.05, 3.63) is 12.2 Å². The molecule has 4 nitrogen and oxygen atoms in total.